The average molecular weight is 297 g/mol. The normalized spacial score (nSPS) is 10.7. The number of hydrogen-bond acceptors (Lipinski definition) is 5. The van der Waals surface area contributed by atoms with E-state index in [4.69, 9.17) is 14.2 Å². The Morgan fingerprint density at radius 2 is 1.76 bits per heavy atom. The average Bonchev–Trinajstić information content (AvgIpc) is 2.34. The number of hydrogen-bond donors (Lipinski definition) is 2. The van der Waals surface area contributed by atoms with E-state index < -0.39 is 17.7 Å². The topological polar surface area (TPSA) is 94.1 Å². The summed E-state index contributed by atoms with van der Waals surface area (Å²) in [5, 5.41) is 11.7. The second-order valence-corrected chi connectivity index (χ2v) is 5.18. The third kappa shape index (κ3) is 4.55. The highest BCUT2D eigenvalue weighted by Gasteiger charge is 2.22. The molecule has 0 spiro atoms. The molecule has 1 rings (SSSR count). The molecule has 0 saturated heterocycles. The molecular formula is C14H19NO6. The predicted molar refractivity (Wildman–Crippen MR) is 76.4 cm³/mol. The molecule has 1 amide bonds. The lowest BCUT2D eigenvalue weighted by atomic mass is 10.1. The molecule has 0 aliphatic rings. The van der Waals surface area contributed by atoms with Gasteiger partial charge in [-0.05, 0) is 20.8 Å². The maximum Gasteiger partial charge on any atom is 0.412 e. The minimum absolute atomic E-state index is 0.0351. The van der Waals surface area contributed by atoms with E-state index in [1.807, 2.05) is 0 Å². The fraction of sp³-hybridized carbons (Fsp3) is 0.429. The van der Waals surface area contributed by atoms with Crippen LogP contribution in [0.4, 0.5) is 10.5 Å². The van der Waals surface area contributed by atoms with Crippen LogP contribution in [0.15, 0.2) is 12.1 Å². The standard InChI is InChI=1S/C14H19NO6/c1-14(2,3)21-13(18)15-9-6-8(19-4)7-10(20-5)11(9)12(16)17/h6-7H,1-5H3,(H,15,18)(H,16,17). The summed E-state index contributed by atoms with van der Waals surface area (Å²) in [7, 11) is 2.75. The number of carbonyl (C=O) groups excluding carboxylic acids is 1. The van der Waals surface area contributed by atoms with Gasteiger partial charge < -0.3 is 19.3 Å². The summed E-state index contributed by atoms with van der Waals surface area (Å²) < 4.78 is 15.2. The number of benzene rings is 1. The molecule has 7 heteroatoms. The van der Waals surface area contributed by atoms with E-state index in [0.717, 1.165) is 0 Å². The van der Waals surface area contributed by atoms with E-state index in [-0.39, 0.29) is 17.0 Å². The fourth-order valence-electron chi connectivity index (χ4n) is 1.60. The zero-order valence-electron chi connectivity index (χ0n) is 12.6. The van der Waals surface area contributed by atoms with Crippen molar-refractivity contribution in [3.8, 4) is 11.5 Å². The van der Waals surface area contributed by atoms with Crippen LogP contribution >= 0.6 is 0 Å². The van der Waals surface area contributed by atoms with E-state index in [1.165, 1.54) is 26.4 Å². The van der Waals surface area contributed by atoms with Gasteiger partial charge in [-0.2, -0.15) is 0 Å². The number of ether oxygens (including phenoxy) is 3. The van der Waals surface area contributed by atoms with Gasteiger partial charge in [-0.25, -0.2) is 9.59 Å². The first-order valence-electron chi connectivity index (χ1n) is 6.17. The lowest BCUT2D eigenvalue weighted by Gasteiger charge is -2.20. The molecular weight excluding hydrogens is 278 g/mol. The molecule has 7 nitrogen and oxygen atoms in total. The number of anilines is 1. The SMILES string of the molecule is COc1cc(NC(=O)OC(C)(C)C)c(C(=O)O)c(OC)c1. The molecule has 0 aliphatic heterocycles. The van der Waals surface area contributed by atoms with Crippen LogP contribution in [0.2, 0.25) is 0 Å². The Bertz CT molecular complexity index is 547. The molecule has 1 aromatic carbocycles. The van der Waals surface area contributed by atoms with Crippen molar-refractivity contribution >= 4 is 17.7 Å². The third-order valence-electron chi connectivity index (χ3n) is 2.38. The molecule has 1 aromatic rings. The number of carbonyl (C=O) groups is 2. The fourth-order valence-corrected chi connectivity index (χ4v) is 1.60. The van der Waals surface area contributed by atoms with Gasteiger partial charge in [-0.3, -0.25) is 5.32 Å². The number of carboxylic acids is 1. The summed E-state index contributed by atoms with van der Waals surface area (Å²) in [6.45, 7) is 5.12. The lowest BCUT2D eigenvalue weighted by Crippen LogP contribution is -2.27. The number of rotatable bonds is 4. The Labute approximate surface area is 122 Å². The van der Waals surface area contributed by atoms with Crippen LogP contribution in [0.25, 0.3) is 0 Å². The first-order chi connectivity index (χ1) is 9.67. The summed E-state index contributed by atoms with van der Waals surface area (Å²) in [4.78, 5) is 23.1. The summed E-state index contributed by atoms with van der Waals surface area (Å²) in [6, 6.07) is 2.81. The summed E-state index contributed by atoms with van der Waals surface area (Å²) >= 11 is 0. The Hall–Kier alpha value is -2.44. The zero-order valence-corrected chi connectivity index (χ0v) is 12.6. The number of aromatic carboxylic acids is 1. The molecule has 0 atom stereocenters. The highest BCUT2D eigenvalue weighted by Crippen LogP contribution is 2.32. The van der Waals surface area contributed by atoms with Crippen LogP contribution in [0.3, 0.4) is 0 Å². The van der Waals surface area contributed by atoms with Crippen molar-refractivity contribution < 1.29 is 28.9 Å². The molecule has 2 N–H and O–H groups in total. The van der Waals surface area contributed by atoms with Crippen LogP contribution in [-0.2, 0) is 4.74 Å². The van der Waals surface area contributed by atoms with E-state index in [1.54, 1.807) is 20.8 Å². The Morgan fingerprint density at radius 1 is 1.14 bits per heavy atom. The van der Waals surface area contributed by atoms with Crippen LogP contribution in [-0.4, -0.2) is 37.0 Å². The van der Waals surface area contributed by atoms with E-state index in [9.17, 15) is 14.7 Å². The Morgan fingerprint density at radius 3 is 2.19 bits per heavy atom. The van der Waals surface area contributed by atoms with Crippen LogP contribution in [0.5, 0.6) is 11.5 Å². The van der Waals surface area contributed by atoms with Gasteiger partial charge in [-0.15, -0.1) is 0 Å². The maximum atomic E-state index is 11.8. The van der Waals surface area contributed by atoms with Crippen LogP contribution < -0.4 is 14.8 Å². The van der Waals surface area contributed by atoms with Crippen LogP contribution in [0.1, 0.15) is 31.1 Å². The second-order valence-electron chi connectivity index (χ2n) is 5.18. The highest BCUT2D eigenvalue weighted by atomic mass is 16.6. The summed E-state index contributed by atoms with van der Waals surface area (Å²) in [5.41, 5.74) is -0.840. The Kier molecular flexibility index (Phi) is 5.02. The molecule has 0 heterocycles. The molecule has 0 aliphatic carbocycles. The van der Waals surface area contributed by atoms with Gasteiger partial charge in [0, 0.05) is 12.1 Å². The van der Waals surface area contributed by atoms with Crippen molar-refractivity contribution in [2.24, 2.45) is 0 Å². The zero-order chi connectivity index (χ0) is 16.2. The van der Waals surface area contributed by atoms with Crippen molar-refractivity contribution in [2.75, 3.05) is 19.5 Å². The van der Waals surface area contributed by atoms with Crippen molar-refractivity contribution in [3.63, 3.8) is 0 Å². The molecule has 0 radical (unpaired) electrons. The molecule has 0 fully saturated rings. The maximum absolute atomic E-state index is 11.8. The smallest absolute Gasteiger partial charge is 0.412 e. The Balaban J connectivity index is 3.20. The molecule has 0 aromatic heterocycles. The first-order valence-corrected chi connectivity index (χ1v) is 6.17. The van der Waals surface area contributed by atoms with Gasteiger partial charge in [0.2, 0.25) is 0 Å². The number of carboxylic acid groups (broad SMARTS) is 1. The van der Waals surface area contributed by atoms with Crippen molar-refractivity contribution in [3.05, 3.63) is 17.7 Å². The summed E-state index contributed by atoms with van der Waals surface area (Å²) in [6.07, 6.45) is -0.764. The van der Waals surface area contributed by atoms with Gasteiger partial charge >= 0.3 is 12.1 Å². The molecule has 0 unspecified atom stereocenters. The largest absolute Gasteiger partial charge is 0.497 e. The van der Waals surface area contributed by atoms with Gasteiger partial charge in [0.1, 0.15) is 22.7 Å². The van der Waals surface area contributed by atoms with E-state index in [2.05, 4.69) is 5.32 Å². The van der Waals surface area contributed by atoms with Gasteiger partial charge in [0.25, 0.3) is 0 Å². The van der Waals surface area contributed by atoms with Crippen LogP contribution in [0, 0.1) is 0 Å². The monoisotopic (exact) mass is 297 g/mol. The van der Waals surface area contributed by atoms with Crippen molar-refractivity contribution in [1.82, 2.24) is 0 Å². The molecule has 0 bridgehead atoms. The number of methoxy groups -OCH3 is 2. The number of amides is 1. The highest BCUT2D eigenvalue weighted by molar-refractivity contribution is 6.01. The quantitative estimate of drug-likeness (QED) is 0.887. The van der Waals surface area contributed by atoms with Crippen molar-refractivity contribution in [2.45, 2.75) is 26.4 Å². The lowest BCUT2D eigenvalue weighted by molar-refractivity contribution is 0.0636. The first kappa shape index (κ1) is 16.6. The minimum Gasteiger partial charge on any atom is -0.497 e. The molecule has 21 heavy (non-hydrogen) atoms. The summed E-state index contributed by atoms with van der Waals surface area (Å²) in [5.74, 6) is -0.809. The van der Waals surface area contributed by atoms with Crippen molar-refractivity contribution in [1.29, 1.82) is 0 Å². The third-order valence-corrected chi connectivity index (χ3v) is 2.38. The van der Waals surface area contributed by atoms with Gasteiger partial charge in [0.05, 0.1) is 19.9 Å². The predicted octanol–water partition coefficient (Wildman–Crippen LogP) is 2.75. The minimum atomic E-state index is -1.24. The van der Waals surface area contributed by atoms with E-state index >= 15 is 0 Å². The van der Waals surface area contributed by atoms with E-state index in [0.29, 0.717) is 5.75 Å². The molecule has 116 valence electrons. The molecule has 0 saturated carbocycles. The van der Waals surface area contributed by atoms with Gasteiger partial charge in [-0.1, -0.05) is 0 Å². The van der Waals surface area contributed by atoms with Gasteiger partial charge in [0.15, 0.2) is 0 Å². The second kappa shape index (κ2) is 6.34. The number of nitrogens with one attached hydrogen (secondary N) is 1.